The number of rotatable bonds is 6. The van der Waals surface area contributed by atoms with Crippen LogP contribution in [-0.2, 0) is 30.5 Å². The number of benzene rings is 1. The summed E-state index contributed by atoms with van der Waals surface area (Å²) in [5.74, 6) is -1.86. The highest BCUT2D eigenvalue weighted by atomic mass is 32.2. The van der Waals surface area contributed by atoms with Crippen LogP contribution in [0.3, 0.4) is 0 Å². The van der Waals surface area contributed by atoms with Gasteiger partial charge in [0.15, 0.2) is 0 Å². The van der Waals surface area contributed by atoms with Gasteiger partial charge in [0.1, 0.15) is 30.2 Å². The molecule has 0 aliphatic carbocycles. The molecule has 10 heteroatoms. The number of amides is 1. The Morgan fingerprint density at radius 1 is 1.26 bits per heavy atom. The van der Waals surface area contributed by atoms with E-state index in [0.717, 1.165) is 0 Å². The van der Waals surface area contributed by atoms with Gasteiger partial charge in [0.2, 0.25) is 5.91 Å². The van der Waals surface area contributed by atoms with E-state index in [4.69, 9.17) is 9.47 Å². The van der Waals surface area contributed by atoms with Crippen LogP contribution in [0, 0.1) is 16.0 Å². The van der Waals surface area contributed by atoms with E-state index in [-0.39, 0.29) is 35.9 Å². The molecule has 2 aliphatic rings. The first-order valence-corrected chi connectivity index (χ1v) is 8.92. The van der Waals surface area contributed by atoms with Crippen LogP contribution in [0.15, 0.2) is 34.9 Å². The van der Waals surface area contributed by atoms with Crippen LogP contribution in [0.4, 0.5) is 5.69 Å². The molecule has 3 rings (SSSR count). The summed E-state index contributed by atoms with van der Waals surface area (Å²) in [4.78, 5) is 47.8. The van der Waals surface area contributed by atoms with Gasteiger partial charge in [-0.3, -0.25) is 24.6 Å². The number of fused-ring (bicyclic) bond motifs is 1. The zero-order valence-electron chi connectivity index (χ0n) is 14.5. The van der Waals surface area contributed by atoms with Gasteiger partial charge < -0.3 is 9.47 Å². The summed E-state index contributed by atoms with van der Waals surface area (Å²) in [5.41, 5.74) is 0.733. The number of nitro benzene ring substituents is 1. The Morgan fingerprint density at radius 3 is 2.52 bits per heavy atom. The maximum Gasteiger partial charge on any atom is 0.356 e. The normalized spacial score (nSPS) is 20.8. The van der Waals surface area contributed by atoms with Gasteiger partial charge in [-0.25, -0.2) is 4.79 Å². The Labute approximate surface area is 158 Å². The van der Waals surface area contributed by atoms with Crippen molar-refractivity contribution in [2.45, 2.75) is 25.8 Å². The lowest BCUT2D eigenvalue weighted by molar-refractivity contribution is -0.384. The van der Waals surface area contributed by atoms with E-state index in [2.05, 4.69) is 0 Å². The highest BCUT2D eigenvalue weighted by molar-refractivity contribution is 8.04. The van der Waals surface area contributed by atoms with Crippen molar-refractivity contribution in [1.82, 2.24) is 4.90 Å². The molecule has 1 aromatic rings. The quantitative estimate of drug-likeness (QED) is 0.312. The summed E-state index contributed by atoms with van der Waals surface area (Å²) in [6.45, 7) is 2.91. The molecule has 0 saturated carbocycles. The minimum Gasteiger partial charge on any atom is -0.465 e. The fourth-order valence-electron chi connectivity index (χ4n) is 2.84. The molecule has 142 valence electrons. The summed E-state index contributed by atoms with van der Waals surface area (Å²) in [7, 11) is 0. The van der Waals surface area contributed by atoms with Gasteiger partial charge >= 0.3 is 11.9 Å². The van der Waals surface area contributed by atoms with E-state index < -0.39 is 22.8 Å². The van der Waals surface area contributed by atoms with Crippen molar-refractivity contribution in [1.29, 1.82) is 0 Å². The third-order valence-electron chi connectivity index (χ3n) is 4.20. The summed E-state index contributed by atoms with van der Waals surface area (Å²) in [5, 5.41) is 10.4. The standard InChI is InChI=1S/C17H16N2O7S/c1-9-14(18-15(21)13(16(18)27-9)8-25-10(2)20)17(22)26-7-11-3-5-12(6-4-11)19(23)24/h3-6,13,16H,7-8H2,1-2H3/t13?,16-/m1/s1. The zero-order chi connectivity index (χ0) is 19.7. The van der Waals surface area contributed by atoms with Crippen molar-refractivity contribution in [3.63, 3.8) is 0 Å². The molecule has 0 bridgehead atoms. The number of esters is 2. The molecule has 2 heterocycles. The summed E-state index contributed by atoms with van der Waals surface area (Å²) in [6, 6.07) is 5.66. The fourth-order valence-corrected chi connectivity index (χ4v) is 4.17. The molecule has 0 N–H and O–H groups in total. The van der Waals surface area contributed by atoms with Gasteiger partial charge in [-0.15, -0.1) is 11.8 Å². The summed E-state index contributed by atoms with van der Waals surface area (Å²) in [6.07, 6.45) is 0. The number of ether oxygens (including phenoxy) is 2. The van der Waals surface area contributed by atoms with Crippen molar-refractivity contribution < 1.29 is 28.8 Å². The number of nitrogens with zero attached hydrogens (tertiary/aromatic N) is 2. The lowest BCUT2D eigenvalue weighted by Gasteiger charge is -2.41. The van der Waals surface area contributed by atoms with E-state index in [1.165, 1.54) is 47.9 Å². The molecule has 1 saturated heterocycles. The lowest BCUT2D eigenvalue weighted by atomic mass is 9.98. The number of carbonyl (C=O) groups excluding carboxylic acids is 3. The van der Waals surface area contributed by atoms with E-state index >= 15 is 0 Å². The van der Waals surface area contributed by atoms with E-state index in [9.17, 15) is 24.5 Å². The number of hydrogen-bond acceptors (Lipinski definition) is 8. The molecular weight excluding hydrogens is 376 g/mol. The maximum atomic E-state index is 12.4. The second kappa shape index (κ2) is 7.39. The molecule has 1 fully saturated rings. The van der Waals surface area contributed by atoms with Crippen molar-refractivity contribution >= 4 is 35.3 Å². The monoisotopic (exact) mass is 392 g/mol. The third kappa shape index (κ3) is 3.65. The Morgan fingerprint density at radius 2 is 1.93 bits per heavy atom. The number of hydrogen-bond donors (Lipinski definition) is 0. The highest BCUT2D eigenvalue weighted by Crippen LogP contribution is 2.49. The van der Waals surface area contributed by atoms with E-state index in [0.29, 0.717) is 10.5 Å². The Hall–Kier alpha value is -2.88. The zero-order valence-corrected chi connectivity index (χ0v) is 15.4. The van der Waals surface area contributed by atoms with Gasteiger partial charge in [-0.1, -0.05) is 0 Å². The minimum atomic E-state index is -0.639. The van der Waals surface area contributed by atoms with Gasteiger partial charge in [0, 0.05) is 24.0 Å². The van der Waals surface area contributed by atoms with Gasteiger partial charge in [-0.2, -0.15) is 0 Å². The number of nitro groups is 1. The second-order valence-electron chi connectivity index (χ2n) is 6.03. The molecule has 1 amide bonds. The second-order valence-corrected chi connectivity index (χ2v) is 7.36. The largest absolute Gasteiger partial charge is 0.465 e. The van der Waals surface area contributed by atoms with Crippen LogP contribution < -0.4 is 0 Å². The summed E-state index contributed by atoms with van der Waals surface area (Å²) < 4.78 is 10.2. The van der Waals surface area contributed by atoms with Gasteiger partial charge in [-0.05, 0) is 24.6 Å². The predicted octanol–water partition coefficient (Wildman–Crippen LogP) is 1.96. The van der Waals surface area contributed by atoms with Crippen LogP contribution >= 0.6 is 11.8 Å². The van der Waals surface area contributed by atoms with Crippen LogP contribution in [0.5, 0.6) is 0 Å². The lowest BCUT2D eigenvalue weighted by Crippen LogP contribution is -2.59. The molecule has 9 nitrogen and oxygen atoms in total. The molecule has 2 atom stereocenters. The van der Waals surface area contributed by atoms with E-state index in [1.54, 1.807) is 6.92 Å². The smallest absolute Gasteiger partial charge is 0.356 e. The van der Waals surface area contributed by atoms with Crippen LogP contribution in [-0.4, -0.2) is 39.6 Å². The Balaban J connectivity index is 1.60. The first-order chi connectivity index (χ1) is 12.8. The molecule has 1 unspecified atom stereocenters. The molecule has 2 aliphatic heterocycles. The van der Waals surface area contributed by atoms with Crippen molar-refractivity contribution in [2.75, 3.05) is 6.61 Å². The first-order valence-electron chi connectivity index (χ1n) is 8.04. The number of thioether (sulfide) groups is 1. The van der Waals surface area contributed by atoms with Crippen LogP contribution in [0.1, 0.15) is 19.4 Å². The SMILES string of the molecule is CC(=O)OCC1C(=O)N2C(C(=O)OCc3ccc([N+](=O)[O-])cc3)=C(C)S[C@H]12. The molecule has 0 radical (unpaired) electrons. The average Bonchev–Trinajstić information content (AvgIpc) is 2.93. The number of non-ortho nitro benzene ring substituents is 1. The number of β-lactam (4-membered cyclic amide) rings is 1. The summed E-state index contributed by atoms with van der Waals surface area (Å²) >= 11 is 1.36. The van der Waals surface area contributed by atoms with Crippen molar-refractivity contribution in [2.24, 2.45) is 5.92 Å². The van der Waals surface area contributed by atoms with Gasteiger partial charge in [0.25, 0.3) is 5.69 Å². The van der Waals surface area contributed by atoms with E-state index in [1.807, 2.05) is 0 Å². The van der Waals surface area contributed by atoms with Crippen molar-refractivity contribution in [3.8, 4) is 0 Å². The number of allylic oxidation sites excluding steroid dienone is 1. The predicted molar refractivity (Wildman–Crippen MR) is 93.9 cm³/mol. The minimum absolute atomic E-state index is 0.0132. The Kier molecular flexibility index (Phi) is 5.17. The molecular formula is C17H16N2O7S. The molecule has 27 heavy (non-hydrogen) atoms. The molecule has 0 aromatic heterocycles. The fraction of sp³-hybridized carbons (Fsp3) is 0.353. The first kappa shape index (κ1) is 18.9. The molecule has 0 spiro atoms. The number of carbonyl (C=O) groups is 3. The molecule has 1 aromatic carbocycles. The average molecular weight is 392 g/mol. The van der Waals surface area contributed by atoms with Crippen LogP contribution in [0.25, 0.3) is 0 Å². The highest BCUT2D eigenvalue weighted by Gasteiger charge is 2.55. The topological polar surface area (TPSA) is 116 Å². The third-order valence-corrected chi connectivity index (χ3v) is 5.53. The van der Waals surface area contributed by atoms with Gasteiger partial charge in [0.05, 0.1) is 4.92 Å². The maximum absolute atomic E-state index is 12.4. The van der Waals surface area contributed by atoms with Crippen molar-refractivity contribution in [3.05, 3.63) is 50.5 Å². The Bertz CT molecular complexity index is 849. The van der Waals surface area contributed by atoms with Crippen LogP contribution in [0.2, 0.25) is 0 Å².